The molecule has 0 spiro atoms. The van der Waals surface area contributed by atoms with Crippen LogP contribution in [0, 0.1) is 0 Å². The van der Waals surface area contributed by atoms with E-state index in [1.165, 1.54) is 0 Å². The van der Waals surface area contributed by atoms with E-state index in [0.29, 0.717) is 19.5 Å². The Morgan fingerprint density at radius 3 is 2.78 bits per heavy atom. The van der Waals surface area contributed by atoms with E-state index < -0.39 is 5.91 Å². The van der Waals surface area contributed by atoms with Gasteiger partial charge in [-0.3, -0.25) is 9.59 Å². The van der Waals surface area contributed by atoms with Gasteiger partial charge in [0, 0.05) is 18.7 Å². The fourth-order valence-electron chi connectivity index (χ4n) is 2.58. The molecule has 1 saturated heterocycles. The van der Waals surface area contributed by atoms with E-state index in [9.17, 15) is 9.59 Å². The molecular weight excluding hydrogens is 296 g/mol. The van der Waals surface area contributed by atoms with E-state index in [1.807, 2.05) is 38.1 Å². The first kappa shape index (κ1) is 17.3. The molecule has 1 aliphatic heterocycles. The van der Waals surface area contributed by atoms with Crippen molar-refractivity contribution in [3.63, 3.8) is 0 Å². The summed E-state index contributed by atoms with van der Waals surface area (Å²) in [5.74, 6) is 0.293. The smallest absolute Gasteiger partial charge is 0.243 e. The average Bonchev–Trinajstić information content (AvgIpc) is 2.95. The number of hydrogen-bond donors (Lipinski definition) is 1. The maximum Gasteiger partial charge on any atom is 0.243 e. The van der Waals surface area contributed by atoms with E-state index >= 15 is 0 Å². The minimum Gasteiger partial charge on any atom is -0.491 e. The van der Waals surface area contributed by atoms with Crippen LogP contribution in [0.25, 0.3) is 0 Å². The normalized spacial score (nSPS) is 17.5. The van der Waals surface area contributed by atoms with Crippen molar-refractivity contribution in [1.82, 2.24) is 4.90 Å². The van der Waals surface area contributed by atoms with Crippen molar-refractivity contribution < 1.29 is 19.1 Å². The molecule has 1 aromatic carbocycles. The molecule has 2 rings (SSSR count). The zero-order valence-corrected chi connectivity index (χ0v) is 13.7. The number of benzene rings is 1. The number of likely N-dealkylation sites (tertiary alicyclic amines) is 1. The molecule has 0 bridgehead atoms. The van der Waals surface area contributed by atoms with Gasteiger partial charge in [-0.05, 0) is 26.3 Å². The van der Waals surface area contributed by atoms with Gasteiger partial charge in [-0.1, -0.05) is 18.2 Å². The molecule has 1 fully saturated rings. The minimum absolute atomic E-state index is 0.0370. The molecule has 1 atom stereocenters. The van der Waals surface area contributed by atoms with Crippen LogP contribution < -0.4 is 10.5 Å². The first-order chi connectivity index (χ1) is 11.0. The van der Waals surface area contributed by atoms with Gasteiger partial charge in [0.05, 0.1) is 18.6 Å². The highest BCUT2D eigenvalue weighted by Gasteiger charge is 2.27. The Kier molecular flexibility index (Phi) is 5.98. The summed E-state index contributed by atoms with van der Waals surface area (Å²) in [5.41, 5.74) is 5.95. The number of nitrogens with two attached hydrogens (primary N) is 1. The standard InChI is InChI=1S/C17H24N2O4/c1-12(2)23-15-6-4-3-5-13(15)9-17(21)19-8-7-14(10-19)22-11-16(18)20/h3-6,12,14H,7-11H2,1-2H3,(H2,18,20)/t14-/m1/s1. The zero-order valence-electron chi connectivity index (χ0n) is 13.7. The quantitative estimate of drug-likeness (QED) is 0.816. The summed E-state index contributed by atoms with van der Waals surface area (Å²) in [6, 6.07) is 7.59. The van der Waals surface area contributed by atoms with Crippen molar-refractivity contribution in [3.05, 3.63) is 29.8 Å². The van der Waals surface area contributed by atoms with Gasteiger partial charge in [-0.15, -0.1) is 0 Å². The van der Waals surface area contributed by atoms with Crippen molar-refractivity contribution in [1.29, 1.82) is 0 Å². The van der Waals surface area contributed by atoms with Gasteiger partial charge in [-0.2, -0.15) is 0 Å². The van der Waals surface area contributed by atoms with E-state index in [0.717, 1.165) is 17.7 Å². The molecule has 2 amide bonds. The number of carbonyl (C=O) groups excluding carboxylic acids is 2. The monoisotopic (exact) mass is 320 g/mol. The van der Waals surface area contributed by atoms with Crippen LogP contribution in [0.5, 0.6) is 5.75 Å². The summed E-state index contributed by atoms with van der Waals surface area (Å²) in [6.45, 7) is 4.95. The highest BCUT2D eigenvalue weighted by Crippen LogP contribution is 2.22. The van der Waals surface area contributed by atoms with Crippen molar-refractivity contribution in [2.24, 2.45) is 5.73 Å². The molecule has 23 heavy (non-hydrogen) atoms. The van der Waals surface area contributed by atoms with Crippen LogP contribution in [0.2, 0.25) is 0 Å². The molecule has 6 heteroatoms. The fourth-order valence-corrected chi connectivity index (χ4v) is 2.58. The Balaban J connectivity index is 1.91. The number of ether oxygens (including phenoxy) is 2. The number of para-hydroxylation sites is 1. The summed E-state index contributed by atoms with van der Waals surface area (Å²) in [7, 11) is 0. The molecule has 0 radical (unpaired) electrons. The number of amides is 2. The van der Waals surface area contributed by atoms with E-state index in [-0.39, 0.29) is 24.7 Å². The Morgan fingerprint density at radius 2 is 2.09 bits per heavy atom. The Morgan fingerprint density at radius 1 is 1.35 bits per heavy atom. The predicted molar refractivity (Wildman–Crippen MR) is 86.0 cm³/mol. The van der Waals surface area contributed by atoms with E-state index in [4.69, 9.17) is 15.2 Å². The third kappa shape index (κ3) is 5.25. The molecule has 1 aromatic rings. The van der Waals surface area contributed by atoms with Crippen molar-refractivity contribution >= 4 is 11.8 Å². The second-order valence-corrected chi connectivity index (χ2v) is 5.98. The van der Waals surface area contributed by atoms with Crippen molar-refractivity contribution in [2.75, 3.05) is 19.7 Å². The summed E-state index contributed by atoms with van der Waals surface area (Å²) in [5, 5.41) is 0. The number of rotatable bonds is 7. The van der Waals surface area contributed by atoms with Crippen molar-refractivity contribution in [3.8, 4) is 5.75 Å². The van der Waals surface area contributed by atoms with Gasteiger partial charge in [0.1, 0.15) is 12.4 Å². The van der Waals surface area contributed by atoms with Gasteiger partial charge < -0.3 is 20.1 Å². The van der Waals surface area contributed by atoms with E-state index in [1.54, 1.807) is 4.90 Å². The number of carbonyl (C=O) groups is 2. The van der Waals surface area contributed by atoms with Crippen LogP contribution in [-0.4, -0.2) is 48.6 Å². The first-order valence-corrected chi connectivity index (χ1v) is 7.88. The second-order valence-electron chi connectivity index (χ2n) is 5.98. The second kappa shape index (κ2) is 7.97. The molecule has 0 aliphatic carbocycles. The zero-order chi connectivity index (χ0) is 16.8. The molecule has 6 nitrogen and oxygen atoms in total. The van der Waals surface area contributed by atoms with Crippen LogP contribution >= 0.6 is 0 Å². The molecule has 0 saturated carbocycles. The third-order valence-corrected chi connectivity index (χ3v) is 3.64. The lowest BCUT2D eigenvalue weighted by molar-refractivity contribution is -0.130. The Bertz CT molecular complexity index is 559. The van der Waals surface area contributed by atoms with Gasteiger partial charge in [0.25, 0.3) is 0 Å². The van der Waals surface area contributed by atoms with Gasteiger partial charge in [-0.25, -0.2) is 0 Å². The highest BCUT2D eigenvalue weighted by atomic mass is 16.5. The fraction of sp³-hybridized carbons (Fsp3) is 0.529. The summed E-state index contributed by atoms with van der Waals surface area (Å²) >= 11 is 0. The molecule has 2 N–H and O–H groups in total. The number of hydrogen-bond acceptors (Lipinski definition) is 4. The maximum absolute atomic E-state index is 12.5. The largest absolute Gasteiger partial charge is 0.491 e. The SMILES string of the molecule is CC(C)Oc1ccccc1CC(=O)N1CC[C@@H](OCC(N)=O)C1. The minimum atomic E-state index is -0.491. The third-order valence-electron chi connectivity index (χ3n) is 3.64. The molecule has 0 unspecified atom stereocenters. The van der Waals surface area contributed by atoms with Gasteiger partial charge in [0.2, 0.25) is 11.8 Å². The number of primary amides is 1. The Labute approximate surface area is 136 Å². The lowest BCUT2D eigenvalue weighted by Crippen LogP contribution is -2.32. The van der Waals surface area contributed by atoms with E-state index in [2.05, 4.69) is 0 Å². The average molecular weight is 320 g/mol. The molecule has 0 aromatic heterocycles. The predicted octanol–water partition coefficient (Wildman–Crippen LogP) is 1.12. The molecular formula is C17H24N2O4. The topological polar surface area (TPSA) is 81.9 Å². The number of nitrogens with zero attached hydrogens (tertiary/aromatic N) is 1. The van der Waals surface area contributed by atoms with Crippen molar-refractivity contribution in [2.45, 2.75) is 38.9 Å². The molecule has 126 valence electrons. The first-order valence-electron chi connectivity index (χ1n) is 7.88. The van der Waals surface area contributed by atoms with Crippen LogP contribution in [0.15, 0.2) is 24.3 Å². The summed E-state index contributed by atoms with van der Waals surface area (Å²) < 4.78 is 11.1. The lowest BCUT2D eigenvalue weighted by atomic mass is 10.1. The van der Waals surface area contributed by atoms with Gasteiger partial charge >= 0.3 is 0 Å². The van der Waals surface area contributed by atoms with Crippen LogP contribution in [0.3, 0.4) is 0 Å². The van der Waals surface area contributed by atoms with Crippen LogP contribution in [0.4, 0.5) is 0 Å². The highest BCUT2D eigenvalue weighted by molar-refractivity contribution is 5.80. The van der Waals surface area contributed by atoms with Crippen LogP contribution in [-0.2, 0) is 20.7 Å². The summed E-state index contributed by atoms with van der Waals surface area (Å²) in [6.07, 6.45) is 0.965. The molecule has 1 heterocycles. The molecule has 1 aliphatic rings. The Hall–Kier alpha value is -2.08. The maximum atomic E-state index is 12.5. The van der Waals surface area contributed by atoms with Gasteiger partial charge in [0.15, 0.2) is 0 Å². The lowest BCUT2D eigenvalue weighted by Gasteiger charge is -2.18. The van der Waals surface area contributed by atoms with Crippen LogP contribution in [0.1, 0.15) is 25.8 Å². The summed E-state index contributed by atoms with van der Waals surface area (Å²) in [4.78, 5) is 25.0.